The Morgan fingerprint density at radius 2 is 1.94 bits per heavy atom. The lowest BCUT2D eigenvalue weighted by molar-refractivity contribution is -0.115. The van der Waals surface area contributed by atoms with Crippen LogP contribution in [0.4, 0.5) is 5.69 Å². The minimum absolute atomic E-state index is 0.0329. The Bertz CT molecular complexity index is 394. The summed E-state index contributed by atoms with van der Waals surface area (Å²) in [5, 5.41) is 5.86. The van der Waals surface area contributed by atoms with Gasteiger partial charge in [0, 0.05) is 16.7 Å². The number of benzene rings is 1. The molecule has 0 aromatic heterocycles. The molecule has 1 amide bonds. The normalized spacial score (nSPS) is 9.82. The van der Waals surface area contributed by atoms with Crippen LogP contribution in [0.3, 0.4) is 0 Å². The van der Waals surface area contributed by atoms with Crippen LogP contribution >= 0.6 is 15.9 Å². The van der Waals surface area contributed by atoms with Gasteiger partial charge in [-0.15, -0.1) is 0 Å². The Hall–Kier alpha value is -1.13. The van der Waals surface area contributed by atoms with Crippen molar-refractivity contribution in [3.63, 3.8) is 0 Å². The average Bonchev–Trinajstić information content (AvgIpc) is 2.27. The van der Waals surface area contributed by atoms with E-state index in [0.717, 1.165) is 16.7 Å². The summed E-state index contributed by atoms with van der Waals surface area (Å²) in [5.41, 5.74) is 2.05. The molecular formula is C13H17BrN2O. The van der Waals surface area contributed by atoms with Crippen molar-refractivity contribution in [1.29, 1.82) is 0 Å². The SMILES string of the molecule is CC(C)=CCNCC(=O)Nc1ccc(Br)cc1. The first-order valence-corrected chi connectivity index (χ1v) is 6.27. The lowest BCUT2D eigenvalue weighted by Crippen LogP contribution is -2.28. The second-order valence-electron chi connectivity index (χ2n) is 3.97. The number of hydrogen-bond donors (Lipinski definition) is 2. The standard InChI is InChI=1S/C13H17BrN2O/c1-10(2)7-8-15-9-13(17)16-12-5-3-11(14)4-6-12/h3-7,15H,8-9H2,1-2H3,(H,16,17). The highest BCUT2D eigenvalue weighted by Gasteiger charge is 2.00. The Balaban J connectivity index is 2.30. The van der Waals surface area contributed by atoms with Crippen molar-refractivity contribution in [2.24, 2.45) is 0 Å². The van der Waals surface area contributed by atoms with Crippen molar-refractivity contribution in [2.75, 3.05) is 18.4 Å². The van der Waals surface area contributed by atoms with E-state index in [4.69, 9.17) is 0 Å². The van der Waals surface area contributed by atoms with Crippen molar-refractivity contribution in [3.8, 4) is 0 Å². The van der Waals surface area contributed by atoms with Crippen LogP contribution < -0.4 is 10.6 Å². The van der Waals surface area contributed by atoms with Crippen LogP contribution in [0.2, 0.25) is 0 Å². The molecule has 2 N–H and O–H groups in total. The molecule has 0 atom stereocenters. The molecule has 17 heavy (non-hydrogen) atoms. The predicted octanol–water partition coefficient (Wildman–Crippen LogP) is 2.94. The summed E-state index contributed by atoms with van der Waals surface area (Å²) in [4.78, 5) is 11.5. The Labute approximate surface area is 110 Å². The predicted molar refractivity (Wildman–Crippen MR) is 75.1 cm³/mol. The zero-order chi connectivity index (χ0) is 12.7. The van der Waals surface area contributed by atoms with Crippen LogP contribution in [0.25, 0.3) is 0 Å². The number of carbonyl (C=O) groups is 1. The third-order valence-electron chi connectivity index (χ3n) is 2.07. The van der Waals surface area contributed by atoms with Gasteiger partial charge in [-0.1, -0.05) is 27.6 Å². The molecule has 0 aliphatic rings. The summed E-state index contributed by atoms with van der Waals surface area (Å²) in [6.07, 6.45) is 2.05. The topological polar surface area (TPSA) is 41.1 Å². The van der Waals surface area contributed by atoms with E-state index < -0.39 is 0 Å². The zero-order valence-corrected chi connectivity index (χ0v) is 11.7. The summed E-state index contributed by atoms with van der Waals surface area (Å²) in [6, 6.07) is 7.51. The Morgan fingerprint density at radius 1 is 1.29 bits per heavy atom. The molecule has 3 nitrogen and oxygen atoms in total. The fraction of sp³-hybridized carbons (Fsp3) is 0.308. The van der Waals surface area contributed by atoms with E-state index >= 15 is 0 Å². The second-order valence-corrected chi connectivity index (χ2v) is 4.88. The van der Waals surface area contributed by atoms with E-state index in [0.29, 0.717) is 6.54 Å². The number of hydrogen-bond acceptors (Lipinski definition) is 2. The van der Waals surface area contributed by atoms with Crippen LogP contribution in [0.15, 0.2) is 40.4 Å². The molecule has 1 rings (SSSR count). The van der Waals surface area contributed by atoms with Crippen molar-refractivity contribution in [3.05, 3.63) is 40.4 Å². The fourth-order valence-electron chi connectivity index (χ4n) is 1.20. The number of carbonyl (C=O) groups excluding carboxylic acids is 1. The molecule has 1 aromatic carbocycles. The molecule has 0 aliphatic carbocycles. The van der Waals surface area contributed by atoms with Crippen molar-refractivity contribution in [1.82, 2.24) is 5.32 Å². The molecule has 92 valence electrons. The Kier molecular flexibility index (Phi) is 5.94. The van der Waals surface area contributed by atoms with Crippen molar-refractivity contribution < 1.29 is 4.79 Å². The quantitative estimate of drug-likeness (QED) is 0.648. The summed E-state index contributed by atoms with van der Waals surface area (Å²) >= 11 is 3.34. The first-order chi connectivity index (χ1) is 8.08. The maximum Gasteiger partial charge on any atom is 0.238 e. The minimum Gasteiger partial charge on any atom is -0.325 e. The number of nitrogens with one attached hydrogen (secondary N) is 2. The fourth-order valence-corrected chi connectivity index (χ4v) is 1.46. The van der Waals surface area contributed by atoms with Crippen LogP contribution in [0.1, 0.15) is 13.8 Å². The van der Waals surface area contributed by atoms with E-state index in [2.05, 4.69) is 26.6 Å². The molecule has 1 aromatic rings. The lowest BCUT2D eigenvalue weighted by Gasteiger charge is -2.05. The van der Waals surface area contributed by atoms with Gasteiger partial charge in [0.15, 0.2) is 0 Å². The van der Waals surface area contributed by atoms with Crippen LogP contribution in [-0.4, -0.2) is 19.0 Å². The van der Waals surface area contributed by atoms with Gasteiger partial charge in [0.05, 0.1) is 6.54 Å². The number of allylic oxidation sites excluding steroid dienone is 1. The molecule has 0 bridgehead atoms. The molecule has 0 spiro atoms. The molecule has 0 saturated carbocycles. The smallest absolute Gasteiger partial charge is 0.238 e. The van der Waals surface area contributed by atoms with E-state index in [1.54, 1.807) is 0 Å². The van der Waals surface area contributed by atoms with E-state index in [-0.39, 0.29) is 5.91 Å². The monoisotopic (exact) mass is 296 g/mol. The van der Waals surface area contributed by atoms with Gasteiger partial charge in [0.25, 0.3) is 0 Å². The van der Waals surface area contributed by atoms with E-state index in [1.807, 2.05) is 44.2 Å². The van der Waals surface area contributed by atoms with Gasteiger partial charge >= 0.3 is 0 Å². The largest absolute Gasteiger partial charge is 0.325 e. The average molecular weight is 297 g/mol. The van der Waals surface area contributed by atoms with Crippen LogP contribution in [0.5, 0.6) is 0 Å². The van der Waals surface area contributed by atoms with Gasteiger partial charge in [0.1, 0.15) is 0 Å². The highest BCUT2D eigenvalue weighted by molar-refractivity contribution is 9.10. The molecular weight excluding hydrogens is 280 g/mol. The van der Waals surface area contributed by atoms with Crippen molar-refractivity contribution in [2.45, 2.75) is 13.8 Å². The summed E-state index contributed by atoms with van der Waals surface area (Å²) in [5.74, 6) is -0.0329. The maximum atomic E-state index is 11.5. The molecule has 0 radical (unpaired) electrons. The maximum absolute atomic E-state index is 11.5. The molecule has 0 aliphatic heterocycles. The van der Waals surface area contributed by atoms with Crippen LogP contribution in [-0.2, 0) is 4.79 Å². The minimum atomic E-state index is -0.0329. The van der Waals surface area contributed by atoms with Gasteiger partial charge in [-0.2, -0.15) is 0 Å². The highest BCUT2D eigenvalue weighted by atomic mass is 79.9. The van der Waals surface area contributed by atoms with Gasteiger partial charge in [-0.05, 0) is 38.1 Å². The zero-order valence-electron chi connectivity index (χ0n) is 10.1. The number of anilines is 1. The lowest BCUT2D eigenvalue weighted by atomic mass is 10.3. The molecule has 4 heteroatoms. The highest BCUT2D eigenvalue weighted by Crippen LogP contribution is 2.13. The van der Waals surface area contributed by atoms with Gasteiger partial charge in [-0.3, -0.25) is 4.79 Å². The molecule has 0 unspecified atom stereocenters. The van der Waals surface area contributed by atoms with E-state index in [9.17, 15) is 4.79 Å². The first-order valence-electron chi connectivity index (χ1n) is 5.47. The summed E-state index contributed by atoms with van der Waals surface area (Å²) in [6.45, 7) is 5.10. The third-order valence-corrected chi connectivity index (χ3v) is 2.60. The summed E-state index contributed by atoms with van der Waals surface area (Å²) < 4.78 is 0.997. The van der Waals surface area contributed by atoms with Gasteiger partial charge < -0.3 is 10.6 Å². The number of rotatable bonds is 5. The van der Waals surface area contributed by atoms with Gasteiger partial charge in [0.2, 0.25) is 5.91 Å². The van der Waals surface area contributed by atoms with E-state index in [1.165, 1.54) is 5.57 Å². The third kappa shape index (κ3) is 6.24. The second kappa shape index (κ2) is 7.25. The van der Waals surface area contributed by atoms with Crippen LogP contribution in [0, 0.1) is 0 Å². The van der Waals surface area contributed by atoms with Crippen molar-refractivity contribution >= 4 is 27.5 Å². The molecule has 0 heterocycles. The van der Waals surface area contributed by atoms with Gasteiger partial charge in [-0.25, -0.2) is 0 Å². The number of halogens is 1. The molecule has 0 fully saturated rings. The Morgan fingerprint density at radius 3 is 2.53 bits per heavy atom. The first kappa shape index (κ1) is 13.9. The number of amides is 1. The summed E-state index contributed by atoms with van der Waals surface area (Å²) in [7, 11) is 0. The molecule has 0 saturated heterocycles.